The molecular formula is C26H24N2O4S. The van der Waals surface area contributed by atoms with Gasteiger partial charge in [-0.3, -0.25) is 4.79 Å². The summed E-state index contributed by atoms with van der Waals surface area (Å²) in [5.74, 6) is 0.296. The minimum Gasteiger partial charge on any atom is -0.441 e. The van der Waals surface area contributed by atoms with E-state index in [1.165, 1.54) is 0 Å². The van der Waals surface area contributed by atoms with Gasteiger partial charge in [0.25, 0.3) is 5.91 Å². The van der Waals surface area contributed by atoms with Crippen molar-refractivity contribution in [1.29, 1.82) is 0 Å². The van der Waals surface area contributed by atoms with E-state index in [0.29, 0.717) is 28.5 Å². The number of sulfone groups is 1. The fourth-order valence-corrected chi connectivity index (χ4v) is 4.79. The molecule has 1 aromatic heterocycles. The summed E-state index contributed by atoms with van der Waals surface area (Å²) in [6.07, 6.45) is 0. The first-order chi connectivity index (χ1) is 15.7. The maximum absolute atomic E-state index is 12.7. The summed E-state index contributed by atoms with van der Waals surface area (Å²) >= 11 is 0. The number of carbonyl (C=O) groups excluding carboxylic acids is 1. The van der Waals surface area contributed by atoms with E-state index in [0.717, 1.165) is 16.8 Å². The number of hydrogen-bond acceptors (Lipinski definition) is 5. The molecule has 4 aromatic rings. The molecule has 1 heterocycles. The van der Waals surface area contributed by atoms with Crippen molar-refractivity contribution in [3.63, 3.8) is 0 Å². The molecule has 0 radical (unpaired) electrons. The molecule has 0 saturated carbocycles. The zero-order valence-corrected chi connectivity index (χ0v) is 19.4. The predicted octanol–water partition coefficient (Wildman–Crippen LogP) is 5.49. The van der Waals surface area contributed by atoms with E-state index in [-0.39, 0.29) is 16.6 Å². The van der Waals surface area contributed by atoms with Gasteiger partial charge in [0.05, 0.1) is 10.6 Å². The molecule has 168 valence electrons. The smallest absolute Gasteiger partial charge is 0.255 e. The van der Waals surface area contributed by atoms with Crippen LogP contribution in [-0.4, -0.2) is 19.3 Å². The van der Waals surface area contributed by atoms with E-state index in [4.69, 9.17) is 4.42 Å². The molecule has 3 aromatic carbocycles. The summed E-state index contributed by atoms with van der Waals surface area (Å²) in [4.78, 5) is 17.3. The third-order valence-electron chi connectivity index (χ3n) is 5.57. The molecule has 7 heteroatoms. The van der Waals surface area contributed by atoms with Crippen molar-refractivity contribution in [3.8, 4) is 11.5 Å². The Morgan fingerprint density at radius 3 is 2.30 bits per heavy atom. The number of amides is 1. The maximum Gasteiger partial charge on any atom is 0.255 e. The van der Waals surface area contributed by atoms with E-state index in [2.05, 4.69) is 10.3 Å². The quantitative estimate of drug-likeness (QED) is 0.411. The summed E-state index contributed by atoms with van der Waals surface area (Å²) in [6, 6.07) is 20.9. The van der Waals surface area contributed by atoms with Gasteiger partial charge in [0.1, 0.15) is 11.5 Å². The number of anilines is 1. The van der Waals surface area contributed by atoms with E-state index in [1.54, 1.807) is 61.5 Å². The van der Waals surface area contributed by atoms with Crippen molar-refractivity contribution in [3.05, 3.63) is 101 Å². The molecule has 0 fully saturated rings. The van der Waals surface area contributed by atoms with Crippen LogP contribution < -0.4 is 5.32 Å². The number of nitrogens with one attached hydrogen (secondary N) is 1. The molecule has 0 spiro atoms. The topological polar surface area (TPSA) is 89.3 Å². The summed E-state index contributed by atoms with van der Waals surface area (Å²) < 4.78 is 31.1. The summed E-state index contributed by atoms with van der Waals surface area (Å²) in [5, 5.41) is 2.94. The number of hydrogen-bond donors (Lipinski definition) is 1. The number of rotatable bonds is 6. The zero-order valence-electron chi connectivity index (χ0n) is 18.6. The third kappa shape index (κ3) is 4.88. The molecule has 33 heavy (non-hydrogen) atoms. The molecular weight excluding hydrogens is 436 g/mol. The van der Waals surface area contributed by atoms with Crippen LogP contribution in [0.5, 0.6) is 0 Å². The first-order valence-corrected chi connectivity index (χ1v) is 12.1. The average Bonchev–Trinajstić information content (AvgIpc) is 3.17. The van der Waals surface area contributed by atoms with Crippen molar-refractivity contribution >= 4 is 21.4 Å². The zero-order chi connectivity index (χ0) is 23.6. The molecule has 6 nitrogen and oxygen atoms in total. The van der Waals surface area contributed by atoms with Crippen LogP contribution in [-0.2, 0) is 15.6 Å². The molecule has 1 amide bonds. The molecule has 0 unspecified atom stereocenters. The summed E-state index contributed by atoms with van der Waals surface area (Å²) in [7, 11) is -3.53. The average molecular weight is 461 g/mol. The van der Waals surface area contributed by atoms with Gasteiger partial charge in [0.15, 0.2) is 9.84 Å². The third-order valence-corrected chi connectivity index (χ3v) is 7.21. The minimum absolute atomic E-state index is 0.214. The first-order valence-electron chi connectivity index (χ1n) is 10.5. The van der Waals surface area contributed by atoms with Gasteiger partial charge >= 0.3 is 0 Å². The highest BCUT2D eigenvalue weighted by Gasteiger charge is 2.21. The highest BCUT2D eigenvalue weighted by atomic mass is 32.2. The van der Waals surface area contributed by atoms with Gasteiger partial charge in [-0.15, -0.1) is 0 Å². The predicted molar refractivity (Wildman–Crippen MR) is 128 cm³/mol. The number of carbonyl (C=O) groups is 1. The van der Waals surface area contributed by atoms with Crippen LogP contribution in [0.2, 0.25) is 0 Å². The Kier molecular flexibility index (Phi) is 6.16. The van der Waals surface area contributed by atoms with Crippen LogP contribution in [0, 0.1) is 20.8 Å². The van der Waals surface area contributed by atoms with Crippen LogP contribution >= 0.6 is 0 Å². The van der Waals surface area contributed by atoms with Crippen LogP contribution in [0.25, 0.3) is 11.5 Å². The first kappa shape index (κ1) is 22.5. The number of benzene rings is 3. The van der Waals surface area contributed by atoms with Crippen molar-refractivity contribution in [2.75, 3.05) is 5.32 Å². The molecule has 0 aliphatic heterocycles. The van der Waals surface area contributed by atoms with Gasteiger partial charge in [0, 0.05) is 16.8 Å². The Labute approximate surface area is 193 Å². The molecule has 4 rings (SSSR count). The van der Waals surface area contributed by atoms with E-state index in [1.807, 2.05) is 32.0 Å². The Bertz CT molecular complexity index is 1410. The van der Waals surface area contributed by atoms with Gasteiger partial charge in [0.2, 0.25) is 5.89 Å². The van der Waals surface area contributed by atoms with Gasteiger partial charge in [-0.1, -0.05) is 30.3 Å². The lowest BCUT2D eigenvalue weighted by molar-refractivity contribution is 0.102. The second-order valence-corrected chi connectivity index (χ2v) is 9.86. The molecule has 0 aliphatic carbocycles. The number of nitrogens with zero attached hydrogens (tertiary/aromatic N) is 1. The molecule has 0 aliphatic rings. The standard InChI is InChI=1S/C26H24N2O4S/c1-17-8-7-11-23(18(17)2)27-25(29)20-12-14-21(15-13-20)26-28-24(19(3)32-26)16-33(30,31)22-9-5-4-6-10-22/h4-15H,16H2,1-3H3,(H,27,29). The molecule has 0 atom stereocenters. The summed E-state index contributed by atoms with van der Waals surface area (Å²) in [5.41, 5.74) is 4.42. The Hall–Kier alpha value is -3.71. The highest BCUT2D eigenvalue weighted by molar-refractivity contribution is 7.90. The van der Waals surface area contributed by atoms with Crippen LogP contribution in [0.15, 0.2) is 82.1 Å². The van der Waals surface area contributed by atoms with E-state index >= 15 is 0 Å². The van der Waals surface area contributed by atoms with Crippen molar-refractivity contribution < 1.29 is 17.6 Å². The lowest BCUT2D eigenvalue weighted by atomic mass is 10.1. The fourth-order valence-electron chi connectivity index (χ4n) is 3.42. The van der Waals surface area contributed by atoms with Crippen molar-refractivity contribution in [2.24, 2.45) is 0 Å². The van der Waals surface area contributed by atoms with Crippen LogP contribution in [0.3, 0.4) is 0 Å². The van der Waals surface area contributed by atoms with Crippen LogP contribution in [0.1, 0.15) is 32.9 Å². The lowest BCUT2D eigenvalue weighted by Crippen LogP contribution is -2.12. The highest BCUT2D eigenvalue weighted by Crippen LogP contribution is 2.25. The Morgan fingerprint density at radius 2 is 1.61 bits per heavy atom. The van der Waals surface area contributed by atoms with E-state index in [9.17, 15) is 13.2 Å². The normalized spacial score (nSPS) is 11.4. The van der Waals surface area contributed by atoms with Gasteiger partial charge < -0.3 is 9.73 Å². The second kappa shape index (κ2) is 9.03. The number of oxazole rings is 1. The fraction of sp³-hybridized carbons (Fsp3) is 0.154. The maximum atomic E-state index is 12.7. The number of aryl methyl sites for hydroxylation is 2. The largest absolute Gasteiger partial charge is 0.441 e. The molecule has 1 N–H and O–H groups in total. The Morgan fingerprint density at radius 1 is 0.909 bits per heavy atom. The van der Waals surface area contributed by atoms with Gasteiger partial charge in [-0.05, 0) is 74.4 Å². The Balaban J connectivity index is 1.51. The molecule has 0 bridgehead atoms. The summed E-state index contributed by atoms with van der Waals surface area (Å²) in [6.45, 7) is 5.66. The van der Waals surface area contributed by atoms with Gasteiger partial charge in [-0.25, -0.2) is 13.4 Å². The van der Waals surface area contributed by atoms with Crippen molar-refractivity contribution in [1.82, 2.24) is 4.98 Å². The minimum atomic E-state index is -3.53. The van der Waals surface area contributed by atoms with Crippen LogP contribution in [0.4, 0.5) is 5.69 Å². The second-order valence-electron chi connectivity index (χ2n) is 7.87. The van der Waals surface area contributed by atoms with E-state index < -0.39 is 9.84 Å². The monoisotopic (exact) mass is 460 g/mol. The number of aromatic nitrogens is 1. The van der Waals surface area contributed by atoms with Gasteiger partial charge in [-0.2, -0.15) is 0 Å². The lowest BCUT2D eigenvalue weighted by Gasteiger charge is -2.10. The van der Waals surface area contributed by atoms with Crippen molar-refractivity contribution in [2.45, 2.75) is 31.4 Å². The SMILES string of the molecule is Cc1cccc(NC(=O)c2ccc(-c3nc(CS(=O)(=O)c4ccccc4)c(C)o3)cc2)c1C. The molecule has 0 saturated heterocycles.